The van der Waals surface area contributed by atoms with E-state index in [1.165, 1.54) is 6.42 Å². The molecule has 1 amide bonds. The zero-order valence-electron chi connectivity index (χ0n) is 12.2. The van der Waals surface area contributed by atoms with E-state index in [-0.39, 0.29) is 11.9 Å². The fourth-order valence-corrected chi connectivity index (χ4v) is 3.16. The van der Waals surface area contributed by atoms with Crippen molar-refractivity contribution >= 4 is 17.3 Å². The molecule has 3 unspecified atom stereocenters. The van der Waals surface area contributed by atoms with Crippen LogP contribution in [-0.2, 0) is 4.79 Å². The van der Waals surface area contributed by atoms with E-state index in [4.69, 9.17) is 0 Å². The van der Waals surface area contributed by atoms with Crippen molar-refractivity contribution in [1.29, 1.82) is 0 Å². The number of benzene rings is 1. The van der Waals surface area contributed by atoms with Crippen molar-refractivity contribution in [3.8, 4) is 0 Å². The Bertz CT molecular complexity index is 502. The summed E-state index contributed by atoms with van der Waals surface area (Å²) in [6, 6.07) is 8.25. The van der Waals surface area contributed by atoms with Crippen LogP contribution in [0.5, 0.6) is 0 Å². The standard InChI is InChI=1S/C16H23N3O/c1-11-7-8-12(2)19(10-11)16(20)15-9-17-13-5-3-4-6-14(13)18-15/h3-6,11-12,15,17-18H,7-10H2,1-2H3. The van der Waals surface area contributed by atoms with E-state index in [1.54, 1.807) is 0 Å². The van der Waals surface area contributed by atoms with Gasteiger partial charge in [0.2, 0.25) is 5.91 Å². The van der Waals surface area contributed by atoms with Gasteiger partial charge in [0.1, 0.15) is 6.04 Å². The lowest BCUT2D eigenvalue weighted by Gasteiger charge is -2.40. The van der Waals surface area contributed by atoms with Gasteiger partial charge in [-0.05, 0) is 37.8 Å². The number of amides is 1. The van der Waals surface area contributed by atoms with Crippen molar-refractivity contribution in [2.75, 3.05) is 23.7 Å². The number of hydrogen-bond acceptors (Lipinski definition) is 3. The predicted molar refractivity (Wildman–Crippen MR) is 81.9 cm³/mol. The fourth-order valence-electron chi connectivity index (χ4n) is 3.16. The maximum atomic E-state index is 12.7. The average Bonchev–Trinajstić information content (AvgIpc) is 2.48. The summed E-state index contributed by atoms with van der Waals surface area (Å²) in [5.41, 5.74) is 2.10. The number of nitrogens with zero attached hydrogens (tertiary/aromatic N) is 1. The highest BCUT2D eigenvalue weighted by atomic mass is 16.2. The molecule has 0 aromatic heterocycles. The molecular formula is C16H23N3O. The van der Waals surface area contributed by atoms with Gasteiger partial charge in [-0.15, -0.1) is 0 Å². The Hall–Kier alpha value is -1.71. The van der Waals surface area contributed by atoms with Crippen LogP contribution in [-0.4, -0.2) is 36.0 Å². The lowest BCUT2D eigenvalue weighted by Crippen LogP contribution is -2.53. The van der Waals surface area contributed by atoms with E-state index in [0.717, 1.165) is 24.3 Å². The van der Waals surface area contributed by atoms with Crippen LogP contribution in [0.4, 0.5) is 11.4 Å². The van der Waals surface area contributed by atoms with Gasteiger partial charge in [0.05, 0.1) is 11.4 Å². The number of rotatable bonds is 1. The van der Waals surface area contributed by atoms with Crippen LogP contribution >= 0.6 is 0 Å². The van der Waals surface area contributed by atoms with Crippen LogP contribution in [0.2, 0.25) is 0 Å². The van der Waals surface area contributed by atoms with Gasteiger partial charge in [-0.25, -0.2) is 0 Å². The summed E-state index contributed by atoms with van der Waals surface area (Å²) >= 11 is 0. The molecule has 4 nitrogen and oxygen atoms in total. The molecule has 1 aromatic rings. The van der Waals surface area contributed by atoms with Gasteiger partial charge in [0.25, 0.3) is 0 Å². The molecule has 1 saturated heterocycles. The Balaban J connectivity index is 1.72. The Labute approximate surface area is 120 Å². The molecule has 1 aromatic carbocycles. The van der Waals surface area contributed by atoms with E-state index in [1.807, 2.05) is 24.3 Å². The Morgan fingerprint density at radius 2 is 1.95 bits per heavy atom. The lowest BCUT2D eigenvalue weighted by molar-refractivity contribution is -0.136. The smallest absolute Gasteiger partial charge is 0.247 e. The molecular weight excluding hydrogens is 250 g/mol. The topological polar surface area (TPSA) is 44.4 Å². The zero-order valence-corrected chi connectivity index (χ0v) is 12.2. The van der Waals surface area contributed by atoms with E-state index in [9.17, 15) is 4.79 Å². The molecule has 2 aliphatic rings. The number of para-hydroxylation sites is 2. The van der Waals surface area contributed by atoms with E-state index >= 15 is 0 Å². The van der Waals surface area contributed by atoms with Gasteiger partial charge < -0.3 is 15.5 Å². The van der Waals surface area contributed by atoms with E-state index in [2.05, 4.69) is 29.4 Å². The number of anilines is 2. The fraction of sp³-hybridized carbons (Fsp3) is 0.562. The van der Waals surface area contributed by atoms with Crippen LogP contribution in [0.15, 0.2) is 24.3 Å². The molecule has 20 heavy (non-hydrogen) atoms. The third kappa shape index (κ3) is 2.47. The van der Waals surface area contributed by atoms with Crippen LogP contribution in [0.25, 0.3) is 0 Å². The minimum atomic E-state index is -0.155. The van der Waals surface area contributed by atoms with E-state index in [0.29, 0.717) is 18.5 Å². The second-order valence-corrected chi connectivity index (χ2v) is 6.15. The molecule has 3 atom stereocenters. The summed E-state index contributed by atoms with van der Waals surface area (Å²) in [6.07, 6.45) is 2.34. The highest BCUT2D eigenvalue weighted by Gasteiger charge is 2.33. The van der Waals surface area contributed by atoms with E-state index < -0.39 is 0 Å². The molecule has 3 rings (SSSR count). The summed E-state index contributed by atoms with van der Waals surface area (Å²) in [7, 11) is 0. The number of carbonyl (C=O) groups is 1. The second kappa shape index (κ2) is 5.35. The number of nitrogens with one attached hydrogen (secondary N) is 2. The average molecular weight is 273 g/mol. The first-order valence-electron chi connectivity index (χ1n) is 7.55. The first kappa shape index (κ1) is 13.3. The van der Waals surface area contributed by atoms with Crippen molar-refractivity contribution in [1.82, 2.24) is 4.90 Å². The lowest BCUT2D eigenvalue weighted by atomic mass is 9.94. The maximum Gasteiger partial charge on any atom is 0.247 e. The highest BCUT2D eigenvalue weighted by Crippen LogP contribution is 2.27. The van der Waals surface area contributed by atoms with Crippen LogP contribution in [0.3, 0.4) is 0 Å². The van der Waals surface area contributed by atoms with Crippen molar-refractivity contribution in [3.63, 3.8) is 0 Å². The molecule has 2 aliphatic heterocycles. The van der Waals surface area contributed by atoms with Gasteiger partial charge in [-0.1, -0.05) is 19.1 Å². The number of likely N-dealkylation sites (tertiary alicyclic amines) is 1. The van der Waals surface area contributed by atoms with Gasteiger partial charge in [0, 0.05) is 19.1 Å². The van der Waals surface area contributed by atoms with Crippen LogP contribution in [0.1, 0.15) is 26.7 Å². The quantitative estimate of drug-likeness (QED) is 0.826. The summed E-state index contributed by atoms with van der Waals surface area (Å²) in [5.74, 6) is 0.838. The molecule has 0 spiro atoms. The number of fused-ring (bicyclic) bond motifs is 1. The molecule has 108 valence electrons. The van der Waals surface area contributed by atoms with Crippen molar-refractivity contribution in [3.05, 3.63) is 24.3 Å². The van der Waals surface area contributed by atoms with Crippen LogP contribution in [0, 0.1) is 5.92 Å². The minimum Gasteiger partial charge on any atom is -0.381 e. The monoisotopic (exact) mass is 273 g/mol. The van der Waals surface area contributed by atoms with Gasteiger partial charge in [-0.3, -0.25) is 4.79 Å². The molecule has 0 bridgehead atoms. The number of carbonyl (C=O) groups excluding carboxylic acids is 1. The Morgan fingerprint density at radius 3 is 2.75 bits per heavy atom. The van der Waals surface area contributed by atoms with Crippen molar-refractivity contribution in [2.45, 2.75) is 38.8 Å². The largest absolute Gasteiger partial charge is 0.381 e. The van der Waals surface area contributed by atoms with Crippen LogP contribution < -0.4 is 10.6 Å². The third-order valence-electron chi connectivity index (χ3n) is 4.45. The normalized spacial score (nSPS) is 29.1. The summed E-state index contributed by atoms with van der Waals surface area (Å²) < 4.78 is 0. The highest BCUT2D eigenvalue weighted by molar-refractivity contribution is 5.89. The van der Waals surface area contributed by atoms with Gasteiger partial charge in [0.15, 0.2) is 0 Å². The molecule has 2 heterocycles. The summed E-state index contributed by atoms with van der Waals surface area (Å²) in [5, 5.41) is 6.72. The molecule has 1 fully saturated rings. The van der Waals surface area contributed by atoms with Crippen molar-refractivity contribution < 1.29 is 4.79 Å². The third-order valence-corrected chi connectivity index (χ3v) is 4.45. The maximum absolute atomic E-state index is 12.7. The number of hydrogen-bond donors (Lipinski definition) is 2. The first-order chi connectivity index (χ1) is 9.65. The first-order valence-corrected chi connectivity index (χ1v) is 7.55. The summed E-state index contributed by atoms with van der Waals surface area (Å²) in [4.78, 5) is 14.8. The Morgan fingerprint density at radius 1 is 1.20 bits per heavy atom. The molecule has 0 radical (unpaired) electrons. The second-order valence-electron chi connectivity index (χ2n) is 6.15. The minimum absolute atomic E-state index is 0.155. The number of piperidine rings is 1. The van der Waals surface area contributed by atoms with Gasteiger partial charge >= 0.3 is 0 Å². The SMILES string of the molecule is CC1CCC(C)N(C(=O)C2CNc3ccccc3N2)C1. The molecule has 0 aliphatic carbocycles. The molecule has 2 N–H and O–H groups in total. The van der Waals surface area contributed by atoms with Crippen molar-refractivity contribution in [2.24, 2.45) is 5.92 Å². The molecule has 0 saturated carbocycles. The molecule has 4 heteroatoms. The zero-order chi connectivity index (χ0) is 14.1. The predicted octanol–water partition coefficient (Wildman–Crippen LogP) is 2.54. The summed E-state index contributed by atoms with van der Waals surface area (Å²) in [6.45, 7) is 5.94. The van der Waals surface area contributed by atoms with Gasteiger partial charge in [-0.2, -0.15) is 0 Å². The Kier molecular flexibility index (Phi) is 3.55.